The predicted molar refractivity (Wildman–Crippen MR) is 89.2 cm³/mol. The van der Waals surface area contributed by atoms with Crippen LogP contribution in [0.25, 0.3) is 0 Å². The largest absolute Gasteiger partial charge is 0.329 e. The number of nitrogens with one attached hydrogen (secondary N) is 2. The summed E-state index contributed by atoms with van der Waals surface area (Å²) < 4.78 is 0. The van der Waals surface area contributed by atoms with Gasteiger partial charge in [-0.3, -0.25) is 14.5 Å². The second kappa shape index (κ2) is 8.50. The van der Waals surface area contributed by atoms with Crippen LogP contribution in [0.4, 0.5) is 10.5 Å². The maximum absolute atomic E-state index is 11.8. The molecule has 1 fully saturated rings. The summed E-state index contributed by atoms with van der Waals surface area (Å²) in [5.74, 6) is -0.360. The van der Waals surface area contributed by atoms with E-state index in [4.69, 9.17) is 5.73 Å². The van der Waals surface area contributed by atoms with E-state index < -0.39 is 6.03 Å². The van der Waals surface area contributed by atoms with Crippen molar-refractivity contribution in [3.05, 3.63) is 29.8 Å². The van der Waals surface area contributed by atoms with E-state index in [0.717, 1.165) is 10.5 Å². The molecule has 1 unspecified atom stereocenters. The Bertz CT molecular complexity index is 576. The molecule has 2 rings (SSSR count). The number of nitrogens with two attached hydrogens (primary N) is 1. The molecule has 7 nitrogen and oxygen atoms in total. The summed E-state index contributed by atoms with van der Waals surface area (Å²) in [6.45, 7) is 2.08. The van der Waals surface area contributed by atoms with Crippen LogP contribution in [0.1, 0.15) is 25.3 Å². The zero-order chi connectivity index (χ0) is 16.1. The van der Waals surface area contributed by atoms with Crippen LogP contribution in [0.15, 0.2) is 24.3 Å². The average molecular weight is 341 g/mol. The quantitative estimate of drug-likeness (QED) is 0.677. The molecular formula is C15H21ClN4O3. The lowest BCUT2D eigenvalue weighted by molar-refractivity contribution is -0.125. The highest BCUT2D eigenvalue weighted by molar-refractivity contribution is 6.01. The van der Waals surface area contributed by atoms with Crippen LogP contribution in [-0.4, -0.2) is 35.3 Å². The van der Waals surface area contributed by atoms with Crippen LogP contribution in [-0.2, 0) is 16.1 Å². The SMILES string of the molecule is CC(N)CCC(=O)Nc1cccc(CN2C(=O)CNC2=O)c1.Cl. The highest BCUT2D eigenvalue weighted by Gasteiger charge is 2.28. The number of amides is 4. The monoisotopic (exact) mass is 340 g/mol. The summed E-state index contributed by atoms with van der Waals surface area (Å²) in [7, 11) is 0. The van der Waals surface area contributed by atoms with E-state index in [1.807, 2.05) is 6.92 Å². The van der Waals surface area contributed by atoms with Gasteiger partial charge in [-0.25, -0.2) is 4.79 Å². The highest BCUT2D eigenvalue weighted by atomic mass is 35.5. The fraction of sp³-hybridized carbons (Fsp3) is 0.400. The summed E-state index contributed by atoms with van der Waals surface area (Å²) >= 11 is 0. The fourth-order valence-corrected chi connectivity index (χ4v) is 2.13. The lowest BCUT2D eigenvalue weighted by Gasteiger charge is -2.13. The molecule has 1 heterocycles. The Morgan fingerprint density at radius 1 is 1.43 bits per heavy atom. The zero-order valence-electron chi connectivity index (χ0n) is 12.9. The van der Waals surface area contributed by atoms with Crippen molar-refractivity contribution >= 4 is 35.9 Å². The summed E-state index contributed by atoms with van der Waals surface area (Å²) in [5, 5.41) is 5.26. The molecule has 4 amide bonds. The zero-order valence-corrected chi connectivity index (χ0v) is 13.7. The molecule has 0 radical (unpaired) electrons. The van der Waals surface area contributed by atoms with Crippen molar-refractivity contribution in [1.82, 2.24) is 10.2 Å². The van der Waals surface area contributed by atoms with Crippen LogP contribution in [0.3, 0.4) is 0 Å². The molecule has 0 aromatic heterocycles. The maximum atomic E-state index is 11.8. The Kier molecular flexibility index (Phi) is 6.99. The molecule has 0 bridgehead atoms. The van der Waals surface area contributed by atoms with E-state index >= 15 is 0 Å². The summed E-state index contributed by atoms with van der Waals surface area (Å²) in [4.78, 5) is 36.0. The van der Waals surface area contributed by atoms with Gasteiger partial charge in [0.15, 0.2) is 0 Å². The molecule has 4 N–H and O–H groups in total. The van der Waals surface area contributed by atoms with E-state index in [1.54, 1.807) is 24.3 Å². The van der Waals surface area contributed by atoms with Crippen molar-refractivity contribution in [3.63, 3.8) is 0 Å². The minimum atomic E-state index is -0.392. The Morgan fingerprint density at radius 3 is 2.78 bits per heavy atom. The molecule has 0 saturated carbocycles. The van der Waals surface area contributed by atoms with Crippen molar-refractivity contribution in [1.29, 1.82) is 0 Å². The molecule has 1 saturated heterocycles. The number of carbonyl (C=O) groups excluding carboxylic acids is 3. The van der Waals surface area contributed by atoms with Crippen molar-refractivity contribution in [2.45, 2.75) is 32.4 Å². The number of carbonyl (C=O) groups is 3. The van der Waals surface area contributed by atoms with Gasteiger partial charge in [-0.2, -0.15) is 0 Å². The molecule has 126 valence electrons. The van der Waals surface area contributed by atoms with Gasteiger partial charge < -0.3 is 16.4 Å². The number of urea groups is 1. The molecule has 23 heavy (non-hydrogen) atoms. The second-order valence-electron chi connectivity index (χ2n) is 5.40. The lowest BCUT2D eigenvalue weighted by atomic mass is 10.1. The van der Waals surface area contributed by atoms with Crippen LogP contribution in [0.2, 0.25) is 0 Å². The number of hydrogen-bond donors (Lipinski definition) is 3. The summed E-state index contributed by atoms with van der Waals surface area (Å²) in [6, 6.07) is 6.68. The number of imide groups is 1. The van der Waals surface area contributed by atoms with Gasteiger partial charge in [-0.05, 0) is 31.0 Å². The number of nitrogens with zero attached hydrogens (tertiary/aromatic N) is 1. The number of hydrogen-bond acceptors (Lipinski definition) is 4. The smallest absolute Gasteiger partial charge is 0.324 e. The fourth-order valence-electron chi connectivity index (χ4n) is 2.13. The Hall–Kier alpha value is -2.12. The van der Waals surface area contributed by atoms with Gasteiger partial charge in [0, 0.05) is 18.2 Å². The van der Waals surface area contributed by atoms with Gasteiger partial charge in [0.1, 0.15) is 0 Å². The Balaban J connectivity index is 0.00000264. The number of rotatable bonds is 6. The van der Waals surface area contributed by atoms with Gasteiger partial charge in [0.25, 0.3) is 0 Å². The van der Waals surface area contributed by atoms with Crippen molar-refractivity contribution in [3.8, 4) is 0 Å². The van der Waals surface area contributed by atoms with Crippen molar-refractivity contribution in [2.24, 2.45) is 5.73 Å². The first kappa shape index (κ1) is 18.9. The van der Waals surface area contributed by atoms with Gasteiger partial charge in [0.05, 0.1) is 13.1 Å². The van der Waals surface area contributed by atoms with Gasteiger partial charge in [-0.1, -0.05) is 12.1 Å². The van der Waals surface area contributed by atoms with Gasteiger partial charge in [-0.15, -0.1) is 12.4 Å². The topological polar surface area (TPSA) is 105 Å². The van der Waals surface area contributed by atoms with Crippen LogP contribution in [0.5, 0.6) is 0 Å². The molecule has 0 aliphatic carbocycles. The van der Waals surface area contributed by atoms with Crippen LogP contribution < -0.4 is 16.4 Å². The molecular weight excluding hydrogens is 320 g/mol. The van der Waals surface area contributed by atoms with Crippen molar-refractivity contribution in [2.75, 3.05) is 11.9 Å². The minimum Gasteiger partial charge on any atom is -0.329 e. The Morgan fingerprint density at radius 2 is 2.17 bits per heavy atom. The summed E-state index contributed by atoms with van der Waals surface area (Å²) in [6.07, 6.45) is 0.975. The van der Waals surface area contributed by atoms with Gasteiger partial charge in [0.2, 0.25) is 11.8 Å². The molecule has 8 heteroatoms. The number of benzene rings is 1. The normalized spacial score (nSPS) is 15.0. The van der Waals surface area contributed by atoms with E-state index in [0.29, 0.717) is 18.5 Å². The maximum Gasteiger partial charge on any atom is 0.324 e. The predicted octanol–water partition coefficient (Wildman–Crippen LogP) is 1.23. The third kappa shape index (κ3) is 5.54. The molecule has 0 spiro atoms. The van der Waals surface area contributed by atoms with E-state index in [1.165, 1.54) is 0 Å². The van der Waals surface area contributed by atoms with E-state index in [2.05, 4.69) is 10.6 Å². The van der Waals surface area contributed by atoms with Gasteiger partial charge >= 0.3 is 6.03 Å². The first-order valence-electron chi connectivity index (χ1n) is 7.18. The standard InChI is InChI=1S/C15H20N4O3.ClH/c1-10(16)5-6-13(20)18-12-4-2-3-11(7-12)9-19-14(21)8-17-15(19)22;/h2-4,7,10H,5-6,8-9,16H2,1H3,(H,17,22)(H,18,20);1H. The first-order valence-corrected chi connectivity index (χ1v) is 7.18. The average Bonchev–Trinajstić information content (AvgIpc) is 2.77. The highest BCUT2D eigenvalue weighted by Crippen LogP contribution is 2.15. The van der Waals surface area contributed by atoms with E-state index in [9.17, 15) is 14.4 Å². The molecule has 1 aromatic rings. The minimum absolute atomic E-state index is 0. The number of anilines is 1. The molecule has 1 atom stereocenters. The van der Waals surface area contributed by atoms with Crippen molar-refractivity contribution < 1.29 is 14.4 Å². The molecule has 1 aromatic carbocycles. The number of halogens is 1. The Labute approximate surface area is 141 Å². The first-order chi connectivity index (χ1) is 10.5. The third-order valence-corrected chi connectivity index (χ3v) is 3.32. The van der Waals surface area contributed by atoms with Crippen LogP contribution in [0, 0.1) is 0 Å². The molecule has 1 aliphatic heterocycles. The molecule has 1 aliphatic rings. The second-order valence-corrected chi connectivity index (χ2v) is 5.40. The third-order valence-electron chi connectivity index (χ3n) is 3.32. The van der Waals surface area contributed by atoms with Crippen LogP contribution >= 0.6 is 12.4 Å². The van der Waals surface area contributed by atoms with E-state index in [-0.39, 0.29) is 43.4 Å². The lowest BCUT2D eigenvalue weighted by Crippen LogP contribution is -2.30. The summed E-state index contributed by atoms with van der Waals surface area (Å²) in [5.41, 5.74) is 7.03.